The van der Waals surface area contributed by atoms with Crippen molar-refractivity contribution >= 4 is 59.7 Å². The standard InChI is InChI=1S/C17H20ClN5O3.C16H20ClN5O.2C5H11N.C2H6.CH2O/c1-17(2)9-25-8-11(26-17)4-20-16-7-19-6-14(23-16)12-3-15(22-10-24)21-5-13(12)18;1-18-15-5-12(13(17)7-21-15)14-8-19-9-16(22-14)20-6-11-3-2-4-23-10-11;2*1-2-4-6-5-3-1;2*1-2/h3,5-7,10-11H,4,8-9H2,1-2H3,(H,20,23)(H,21,22,24);5,7-9,11H,2-4,6,10H2,1H3,(H,18,21)(H,20,22);2*6H,1-5H2;1-2H3;1H2. The fourth-order valence-corrected chi connectivity index (χ4v) is 7.20. The van der Waals surface area contributed by atoms with E-state index < -0.39 is 0 Å². The third-order valence-electron chi connectivity index (χ3n) is 9.99. The highest BCUT2D eigenvalue weighted by Gasteiger charge is 2.29. The van der Waals surface area contributed by atoms with Gasteiger partial charge in [0.15, 0.2) is 0 Å². The molecule has 4 saturated heterocycles. The molecule has 0 aromatic carbocycles. The van der Waals surface area contributed by atoms with Crippen LogP contribution in [0.2, 0.25) is 10.0 Å². The Morgan fingerprint density at radius 2 is 1.26 bits per heavy atom. The van der Waals surface area contributed by atoms with E-state index in [1.807, 2.05) is 47.6 Å². The molecule has 0 saturated carbocycles. The Hall–Kier alpha value is -4.62. The van der Waals surface area contributed by atoms with Crippen LogP contribution in [0, 0.1) is 5.92 Å². The topological polar surface area (TPSA) is 211 Å². The van der Waals surface area contributed by atoms with Gasteiger partial charge in [-0.3, -0.25) is 14.8 Å². The fourth-order valence-electron chi connectivity index (χ4n) is 6.80. The summed E-state index contributed by atoms with van der Waals surface area (Å²) < 4.78 is 17.0. The van der Waals surface area contributed by atoms with Crippen molar-refractivity contribution in [2.75, 3.05) is 94.0 Å². The first-order valence-corrected chi connectivity index (χ1v) is 23.3. The van der Waals surface area contributed by atoms with Crippen LogP contribution in [0.1, 0.15) is 79.1 Å². The number of ether oxygens (including phenoxy) is 3. The Morgan fingerprint density at radius 1 is 0.723 bits per heavy atom. The molecule has 0 radical (unpaired) electrons. The zero-order valence-electron chi connectivity index (χ0n) is 38.8. The summed E-state index contributed by atoms with van der Waals surface area (Å²) in [6.07, 6.45) is 20.9. The molecule has 17 nitrogen and oxygen atoms in total. The van der Waals surface area contributed by atoms with Crippen molar-refractivity contribution in [1.29, 1.82) is 0 Å². The monoisotopic (exact) mass is 940 g/mol. The molecule has 1 amide bonds. The number of aromatic nitrogens is 6. The summed E-state index contributed by atoms with van der Waals surface area (Å²) >= 11 is 12.5. The number of piperidine rings is 2. The number of carbonyl (C=O) groups excluding carboxylic acids is 2. The third-order valence-corrected chi connectivity index (χ3v) is 10.6. The van der Waals surface area contributed by atoms with Crippen LogP contribution in [-0.4, -0.2) is 128 Å². The summed E-state index contributed by atoms with van der Waals surface area (Å²) in [5.74, 6) is 2.98. The van der Waals surface area contributed by atoms with Crippen LogP contribution in [0.15, 0.2) is 49.3 Å². The Morgan fingerprint density at radius 3 is 1.72 bits per heavy atom. The van der Waals surface area contributed by atoms with Crippen molar-refractivity contribution in [3.05, 3.63) is 59.4 Å². The maximum Gasteiger partial charge on any atom is 0.212 e. The van der Waals surface area contributed by atoms with Gasteiger partial charge in [-0.15, -0.1) is 0 Å². The molecule has 358 valence electrons. The van der Waals surface area contributed by atoms with Crippen LogP contribution >= 0.6 is 23.2 Å². The van der Waals surface area contributed by atoms with Crippen LogP contribution in [0.3, 0.4) is 0 Å². The van der Waals surface area contributed by atoms with Gasteiger partial charge in [0.05, 0.1) is 77.7 Å². The lowest BCUT2D eigenvalue weighted by Gasteiger charge is -2.35. The van der Waals surface area contributed by atoms with Crippen LogP contribution in [-0.2, 0) is 23.8 Å². The zero-order chi connectivity index (χ0) is 47.1. The highest BCUT2D eigenvalue weighted by atomic mass is 35.5. The van der Waals surface area contributed by atoms with E-state index in [2.05, 4.69) is 61.8 Å². The summed E-state index contributed by atoms with van der Waals surface area (Å²) in [4.78, 5) is 44.4. The third kappa shape index (κ3) is 21.0. The van der Waals surface area contributed by atoms with Gasteiger partial charge in [0.1, 0.15) is 30.1 Å². The van der Waals surface area contributed by atoms with E-state index in [4.69, 9.17) is 42.2 Å². The summed E-state index contributed by atoms with van der Waals surface area (Å²) in [6, 6.07) is 3.51. The predicted molar refractivity (Wildman–Crippen MR) is 262 cm³/mol. The van der Waals surface area contributed by atoms with Crippen LogP contribution in [0.25, 0.3) is 22.5 Å². The second-order valence-electron chi connectivity index (χ2n) is 15.7. The highest BCUT2D eigenvalue weighted by molar-refractivity contribution is 6.33. The molecule has 0 bridgehead atoms. The maximum atomic E-state index is 10.6. The smallest absolute Gasteiger partial charge is 0.212 e. The highest BCUT2D eigenvalue weighted by Crippen LogP contribution is 2.29. The Kier molecular flexibility index (Phi) is 27.0. The van der Waals surface area contributed by atoms with E-state index >= 15 is 0 Å². The molecule has 8 heterocycles. The number of halogens is 2. The molecule has 0 spiro atoms. The van der Waals surface area contributed by atoms with E-state index in [1.54, 1.807) is 37.1 Å². The summed E-state index contributed by atoms with van der Waals surface area (Å²) in [5.41, 5.74) is 2.42. The molecule has 4 fully saturated rings. The van der Waals surface area contributed by atoms with Gasteiger partial charge in [0, 0.05) is 50.3 Å². The molecule has 4 aromatic heterocycles. The second kappa shape index (κ2) is 32.1. The number of hydrogen-bond acceptors (Lipinski definition) is 16. The Bertz CT molecular complexity index is 1890. The molecular formula is C46H70Cl2N12O5. The molecule has 0 aliphatic carbocycles. The van der Waals surface area contributed by atoms with Gasteiger partial charge >= 0.3 is 0 Å². The van der Waals surface area contributed by atoms with Crippen molar-refractivity contribution in [3.63, 3.8) is 0 Å². The van der Waals surface area contributed by atoms with Gasteiger partial charge in [-0.2, -0.15) is 0 Å². The first kappa shape index (κ1) is 54.7. The van der Waals surface area contributed by atoms with Gasteiger partial charge in [0.2, 0.25) is 6.41 Å². The van der Waals surface area contributed by atoms with Gasteiger partial charge in [-0.25, -0.2) is 19.9 Å². The average molecular weight is 942 g/mol. The SMILES string of the molecule is C1CCNCC1.C1CCNCC1.C=O.CC.CC1(C)COCC(CNc2cncc(-c3cc(NC=O)ncc3Cl)n2)O1.CNc1cc(-c2cncc(NCC3CCCOC3)n2)c(Cl)cn1. The van der Waals surface area contributed by atoms with Gasteiger partial charge in [0.25, 0.3) is 0 Å². The maximum absolute atomic E-state index is 10.6. The van der Waals surface area contributed by atoms with Crippen molar-refractivity contribution < 1.29 is 23.8 Å². The minimum absolute atomic E-state index is 0.0721. The Balaban J connectivity index is 0.000000259. The van der Waals surface area contributed by atoms with Crippen molar-refractivity contribution in [3.8, 4) is 22.5 Å². The number of nitrogens with zero attached hydrogens (tertiary/aromatic N) is 6. The number of hydrogen-bond donors (Lipinski definition) is 6. The van der Waals surface area contributed by atoms with Crippen molar-refractivity contribution in [1.82, 2.24) is 40.5 Å². The lowest BCUT2D eigenvalue weighted by atomic mass is 10.0. The molecular weight excluding hydrogens is 871 g/mol. The van der Waals surface area contributed by atoms with Crippen LogP contribution in [0.4, 0.5) is 23.3 Å². The fraction of sp³-hybridized carbons (Fsp3) is 0.565. The number of anilines is 4. The first-order chi connectivity index (χ1) is 31.7. The lowest BCUT2D eigenvalue weighted by Crippen LogP contribution is -2.45. The molecule has 2 unspecified atom stereocenters. The molecule has 2 atom stereocenters. The number of rotatable bonds is 11. The lowest BCUT2D eigenvalue weighted by molar-refractivity contribution is -0.177. The summed E-state index contributed by atoms with van der Waals surface area (Å²) in [7, 11) is 1.82. The molecule has 8 rings (SSSR count). The van der Waals surface area contributed by atoms with E-state index in [0.717, 1.165) is 49.1 Å². The predicted octanol–water partition coefficient (Wildman–Crippen LogP) is 7.80. The van der Waals surface area contributed by atoms with E-state index in [9.17, 15) is 4.79 Å². The summed E-state index contributed by atoms with van der Waals surface area (Å²) in [5, 5.41) is 19.6. The second-order valence-corrected chi connectivity index (χ2v) is 16.5. The molecule has 6 N–H and O–H groups in total. The first-order valence-electron chi connectivity index (χ1n) is 22.6. The average Bonchev–Trinajstić information content (AvgIpc) is 3.36. The largest absolute Gasteiger partial charge is 0.381 e. The van der Waals surface area contributed by atoms with Crippen LogP contribution < -0.4 is 31.9 Å². The number of nitrogens with one attached hydrogen (secondary N) is 6. The number of pyridine rings is 2. The minimum Gasteiger partial charge on any atom is -0.381 e. The molecule has 19 heteroatoms. The van der Waals surface area contributed by atoms with Crippen molar-refractivity contribution in [2.24, 2.45) is 5.92 Å². The van der Waals surface area contributed by atoms with Gasteiger partial charge in [-0.05, 0) is 96.6 Å². The van der Waals surface area contributed by atoms with E-state index in [1.165, 1.54) is 77.3 Å². The zero-order valence-corrected chi connectivity index (χ0v) is 40.3. The molecule has 4 aliphatic heterocycles. The Labute approximate surface area is 395 Å². The van der Waals surface area contributed by atoms with Crippen LogP contribution in [0.5, 0.6) is 0 Å². The summed E-state index contributed by atoms with van der Waals surface area (Å²) in [6.45, 7) is 19.2. The minimum atomic E-state index is -0.301. The number of carbonyl (C=O) groups is 2. The van der Waals surface area contributed by atoms with E-state index in [0.29, 0.717) is 65.0 Å². The van der Waals surface area contributed by atoms with Crippen molar-refractivity contribution in [2.45, 2.75) is 90.8 Å². The van der Waals surface area contributed by atoms with Gasteiger partial charge in [-0.1, -0.05) is 49.9 Å². The molecule has 4 aromatic rings. The molecule has 65 heavy (non-hydrogen) atoms. The number of amides is 1. The normalized spacial score (nSPS) is 18.4. The quantitative estimate of drug-likeness (QED) is 0.0792. The van der Waals surface area contributed by atoms with E-state index in [-0.39, 0.29) is 11.7 Å². The van der Waals surface area contributed by atoms with Gasteiger partial charge < -0.3 is 50.9 Å². The molecule has 4 aliphatic rings.